The first-order valence-electron chi connectivity index (χ1n) is 7.13. The van der Waals surface area contributed by atoms with Gasteiger partial charge in [-0.2, -0.15) is 0 Å². The van der Waals surface area contributed by atoms with Crippen molar-refractivity contribution in [2.45, 2.75) is 45.1 Å². The quantitative estimate of drug-likeness (QED) is 0.616. The molecule has 0 bridgehead atoms. The van der Waals surface area contributed by atoms with Gasteiger partial charge in [-0.25, -0.2) is 9.59 Å². The first-order valence-corrected chi connectivity index (χ1v) is 7.13. The van der Waals surface area contributed by atoms with Gasteiger partial charge in [0, 0.05) is 13.1 Å². The van der Waals surface area contributed by atoms with Crippen LogP contribution in [0.15, 0.2) is 0 Å². The average Bonchev–Trinajstić information content (AvgIpc) is 2.87. The van der Waals surface area contributed by atoms with E-state index < -0.39 is 12.0 Å². The van der Waals surface area contributed by atoms with E-state index in [4.69, 9.17) is 5.11 Å². The van der Waals surface area contributed by atoms with E-state index in [0.29, 0.717) is 13.0 Å². The highest BCUT2D eigenvalue weighted by Crippen LogP contribution is 2.05. The number of amides is 2. The van der Waals surface area contributed by atoms with E-state index in [9.17, 15) is 9.59 Å². The molecular formula is C13H25N3O3. The zero-order valence-electron chi connectivity index (χ0n) is 11.7. The predicted molar refractivity (Wildman–Crippen MR) is 73.2 cm³/mol. The smallest absolute Gasteiger partial charge is 0.326 e. The lowest BCUT2D eigenvalue weighted by Gasteiger charge is -2.17. The first-order chi connectivity index (χ1) is 9.13. The molecule has 3 N–H and O–H groups in total. The summed E-state index contributed by atoms with van der Waals surface area (Å²) in [5, 5.41) is 14.2. The van der Waals surface area contributed by atoms with Crippen LogP contribution in [0.25, 0.3) is 0 Å². The highest BCUT2D eigenvalue weighted by molar-refractivity contribution is 5.82. The van der Waals surface area contributed by atoms with Crippen LogP contribution in [0.2, 0.25) is 0 Å². The number of unbranched alkanes of at least 4 members (excludes halogenated alkanes) is 1. The van der Waals surface area contributed by atoms with Gasteiger partial charge in [0.05, 0.1) is 0 Å². The molecule has 0 aromatic rings. The monoisotopic (exact) mass is 271 g/mol. The maximum atomic E-state index is 11.6. The summed E-state index contributed by atoms with van der Waals surface area (Å²) in [7, 11) is 0. The summed E-state index contributed by atoms with van der Waals surface area (Å²) >= 11 is 0. The van der Waals surface area contributed by atoms with Crippen molar-refractivity contribution >= 4 is 12.0 Å². The fourth-order valence-corrected chi connectivity index (χ4v) is 2.21. The fraction of sp³-hybridized carbons (Fsp3) is 0.846. The Labute approximate surface area is 114 Å². The number of carbonyl (C=O) groups excluding carboxylic acids is 1. The number of aliphatic carboxylic acids is 1. The van der Waals surface area contributed by atoms with Crippen molar-refractivity contribution in [2.75, 3.05) is 26.2 Å². The molecule has 1 aliphatic heterocycles. The van der Waals surface area contributed by atoms with Crippen LogP contribution < -0.4 is 10.6 Å². The molecule has 0 unspecified atom stereocenters. The van der Waals surface area contributed by atoms with Gasteiger partial charge in [0.25, 0.3) is 0 Å². The van der Waals surface area contributed by atoms with Gasteiger partial charge in [-0.1, -0.05) is 19.8 Å². The van der Waals surface area contributed by atoms with Crippen LogP contribution in [0.1, 0.15) is 39.0 Å². The van der Waals surface area contributed by atoms with Gasteiger partial charge >= 0.3 is 12.0 Å². The second-order valence-electron chi connectivity index (χ2n) is 4.98. The number of likely N-dealkylation sites (tertiary alicyclic amines) is 1. The van der Waals surface area contributed by atoms with E-state index in [1.165, 1.54) is 12.8 Å². The van der Waals surface area contributed by atoms with Crippen LogP contribution in [0.4, 0.5) is 4.79 Å². The van der Waals surface area contributed by atoms with E-state index in [1.54, 1.807) is 0 Å². The minimum Gasteiger partial charge on any atom is -0.480 e. The van der Waals surface area contributed by atoms with E-state index in [0.717, 1.165) is 32.5 Å². The zero-order valence-corrected chi connectivity index (χ0v) is 11.7. The standard InChI is InChI=1S/C13H25N3O3/c1-2-3-6-11(12(17)18)15-13(19)14-7-10-16-8-4-5-9-16/h11H,2-10H2,1H3,(H,17,18)(H2,14,15,19)/t11-/m0/s1. The van der Waals surface area contributed by atoms with Gasteiger partial charge < -0.3 is 20.6 Å². The van der Waals surface area contributed by atoms with Gasteiger partial charge in [0.15, 0.2) is 0 Å². The van der Waals surface area contributed by atoms with Crippen molar-refractivity contribution in [3.05, 3.63) is 0 Å². The highest BCUT2D eigenvalue weighted by Gasteiger charge is 2.19. The van der Waals surface area contributed by atoms with Crippen molar-refractivity contribution in [3.8, 4) is 0 Å². The maximum Gasteiger partial charge on any atom is 0.326 e. The summed E-state index contributed by atoms with van der Waals surface area (Å²) < 4.78 is 0. The number of nitrogens with one attached hydrogen (secondary N) is 2. The van der Waals surface area contributed by atoms with Gasteiger partial charge in [0.2, 0.25) is 0 Å². The Hall–Kier alpha value is -1.30. The van der Waals surface area contributed by atoms with Gasteiger partial charge in [-0.05, 0) is 32.4 Å². The molecule has 6 nitrogen and oxygen atoms in total. The van der Waals surface area contributed by atoms with E-state index in [-0.39, 0.29) is 6.03 Å². The predicted octanol–water partition coefficient (Wildman–Crippen LogP) is 1.02. The summed E-state index contributed by atoms with van der Waals surface area (Å²) in [5.74, 6) is -0.969. The van der Waals surface area contributed by atoms with Crippen LogP contribution in [-0.2, 0) is 4.79 Å². The van der Waals surface area contributed by atoms with E-state index in [2.05, 4.69) is 15.5 Å². The second-order valence-corrected chi connectivity index (χ2v) is 4.98. The molecular weight excluding hydrogens is 246 g/mol. The molecule has 1 heterocycles. The summed E-state index contributed by atoms with van der Waals surface area (Å²) in [6.07, 6.45) is 4.65. The van der Waals surface area contributed by atoms with E-state index in [1.807, 2.05) is 6.92 Å². The molecule has 1 aliphatic rings. The molecule has 0 spiro atoms. The van der Waals surface area contributed by atoms with Crippen molar-refractivity contribution in [1.82, 2.24) is 15.5 Å². The number of carboxylic acids is 1. The molecule has 6 heteroatoms. The van der Waals surface area contributed by atoms with Crippen molar-refractivity contribution < 1.29 is 14.7 Å². The minimum absolute atomic E-state index is 0.386. The molecule has 0 aromatic heterocycles. The van der Waals surface area contributed by atoms with Gasteiger partial charge in [-0.15, -0.1) is 0 Å². The molecule has 110 valence electrons. The third kappa shape index (κ3) is 6.42. The Morgan fingerprint density at radius 3 is 2.58 bits per heavy atom. The molecule has 19 heavy (non-hydrogen) atoms. The molecule has 2 amide bonds. The minimum atomic E-state index is -0.969. The summed E-state index contributed by atoms with van der Waals surface area (Å²) in [6, 6.07) is -1.17. The zero-order chi connectivity index (χ0) is 14.1. The first kappa shape index (κ1) is 15.8. The van der Waals surface area contributed by atoms with Crippen LogP contribution in [-0.4, -0.2) is 54.2 Å². The fourth-order valence-electron chi connectivity index (χ4n) is 2.21. The molecule has 1 saturated heterocycles. The Kier molecular flexibility index (Phi) is 7.25. The van der Waals surface area contributed by atoms with Crippen LogP contribution in [0.3, 0.4) is 0 Å². The number of carboxylic acid groups (broad SMARTS) is 1. The third-order valence-electron chi connectivity index (χ3n) is 3.36. The number of hydrogen-bond donors (Lipinski definition) is 3. The Bertz CT molecular complexity index is 291. The molecule has 0 aliphatic carbocycles. The van der Waals surface area contributed by atoms with Crippen LogP contribution >= 0.6 is 0 Å². The average molecular weight is 271 g/mol. The van der Waals surface area contributed by atoms with Crippen molar-refractivity contribution in [1.29, 1.82) is 0 Å². The number of urea groups is 1. The lowest BCUT2D eigenvalue weighted by Crippen LogP contribution is -2.47. The molecule has 0 radical (unpaired) electrons. The molecule has 0 aromatic carbocycles. The van der Waals surface area contributed by atoms with Crippen LogP contribution in [0.5, 0.6) is 0 Å². The van der Waals surface area contributed by atoms with Crippen molar-refractivity contribution in [2.24, 2.45) is 0 Å². The number of carbonyl (C=O) groups is 2. The van der Waals surface area contributed by atoms with Crippen LogP contribution in [0, 0.1) is 0 Å². The normalized spacial score (nSPS) is 17.1. The van der Waals surface area contributed by atoms with Crippen molar-refractivity contribution in [3.63, 3.8) is 0 Å². The lowest BCUT2D eigenvalue weighted by molar-refractivity contribution is -0.139. The second kappa shape index (κ2) is 8.74. The molecule has 1 rings (SSSR count). The number of hydrogen-bond acceptors (Lipinski definition) is 3. The molecule has 0 saturated carbocycles. The topological polar surface area (TPSA) is 81.7 Å². The molecule has 1 atom stereocenters. The number of rotatable bonds is 8. The Balaban J connectivity index is 2.17. The van der Waals surface area contributed by atoms with E-state index >= 15 is 0 Å². The SMILES string of the molecule is CCCC[C@H](NC(=O)NCCN1CCCC1)C(=O)O. The highest BCUT2D eigenvalue weighted by atomic mass is 16.4. The van der Waals surface area contributed by atoms with Gasteiger partial charge in [0.1, 0.15) is 6.04 Å². The number of nitrogens with zero attached hydrogens (tertiary/aromatic N) is 1. The Morgan fingerprint density at radius 1 is 1.32 bits per heavy atom. The third-order valence-corrected chi connectivity index (χ3v) is 3.36. The summed E-state index contributed by atoms with van der Waals surface area (Å²) in [4.78, 5) is 24.9. The maximum absolute atomic E-state index is 11.6. The van der Waals surface area contributed by atoms with Gasteiger partial charge in [-0.3, -0.25) is 0 Å². The summed E-state index contributed by atoms with van der Waals surface area (Å²) in [5.41, 5.74) is 0. The summed E-state index contributed by atoms with van der Waals surface area (Å²) in [6.45, 7) is 5.58. The molecule has 1 fully saturated rings. The largest absolute Gasteiger partial charge is 0.480 e. The Morgan fingerprint density at radius 2 is 2.00 bits per heavy atom. The lowest BCUT2D eigenvalue weighted by atomic mass is 10.1.